The molecule has 0 bridgehead atoms. The van der Waals surface area contributed by atoms with Gasteiger partial charge in [-0.05, 0) is 37.7 Å². The summed E-state index contributed by atoms with van der Waals surface area (Å²) >= 11 is 1.18. The van der Waals surface area contributed by atoms with Gasteiger partial charge in [0.05, 0.1) is 5.56 Å². The average molecular weight is 585 g/mol. The molecule has 2 saturated carbocycles. The molecule has 10 nitrogen and oxygen atoms in total. The van der Waals surface area contributed by atoms with E-state index in [1.165, 1.54) is 35.5 Å². The minimum absolute atomic E-state index is 0.188. The van der Waals surface area contributed by atoms with Crippen molar-refractivity contribution < 1.29 is 31.5 Å². The molecule has 1 unspecified atom stereocenters. The number of aromatic nitrogens is 5. The van der Waals surface area contributed by atoms with Gasteiger partial charge in [-0.2, -0.15) is 5.10 Å². The van der Waals surface area contributed by atoms with Gasteiger partial charge in [0.2, 0.25) is 11.9 Å². The largest absolute Gasteiger partial charge is 0.349 e. The summed E-state index contributed by atoms with van der Waals surface area (Å²) in [7, 11) is 1.51. The van der Waals surface area contributed by atoms with Crippen LogP contribution in [-0.2, 0) is 24.7 Å². The Balaban J connectivity index is 1.26. The lowest BCUT2D eigenvalue weighted by molar-refractivity contribution is -0.119. The molecule has 0 radical (unpaired) electrons. The number of aryl methyl sites for hydroxylation is 2. The molecule has 3 aliphatic rings. The maximum Gasteiger partial charge on any atom is 0.282 e. The second kappa shape index (κ2) is 9.82. The maximum atomic E-state index is 13.5. The van der Waals surface area contributed by atoms with Gasteiger partial charge in [-0.15, -0.1) is 21.5 Å². The first kappa shape index (κ1) is 26.7. The zero-order chi connectivity index (χ0) is 28.3. The van der Waals surface area contributed by atoms with E-state index < -0.39 is 48.4 Å². The van der Waals surface area contributed by atoms with Gasteiger partial charge in [0.25, 0.3) is 18.3 Å². The molecule has 16 heteroatoms. The summed E-state index contributed by atoms with van der Waals surface area (Å²) in [5.74, 6) is -5.26. The molecule has 3 aliphatic carbocycles. The number of hydrogen-bond donors (Lipinski definition) is 3. The van der Waals surface area contributed by atoms with Gasteiger partial charge in [-0.3, -0.25) is 18.8 Å². The first-order valence-corrected chi connectivity index (χ1v) is 13.6. The number of fused-ring (bicyclic) bond motifs is 1. The van der Waals surface area contributed by atoms with Gasteiger partial charge >= 0.3 is 0 Å². The van der Waals surface area contributed by atoms with Crippen molar-refractivity contribution in [2.24, 2.45) is 13.0 Å². The molecular weight excluding hydrogens is 559 g/mol. The van der Waals surface area contributed by atoms with Crippen LogP contribution in [0.5, 0.6) is 0 Å². The number of rotatable bonds is 8. The fourth-order valence-electron chi connectivity index (χ4n) is 5.18. The van der Waals surface area contributed by atoms with Crippen LogP contribution < -0.4 is 16.0 Å². The highest BCUT2D eigenvalue weighted by atomic mass is 32.1. The Hall–Kier alpha value is -3.56. The SMILES string of the molecule is Cn1nc(C(F)F)cc1Nc1nncn1[C@H]1CCc2sc(NC(=O)C3CC3(F)F)c(C(=O)N[C@H]3C[C@H](F)C3)c2C1. The standard InChI is InChI=1S/C24H25F5N8O2S/c1-36-17(7-15(35-36)19(26)27)32-23-34-30-9-37(23)12-2-3-16-13(6-12)18(21(39)31-11-4-10(25)5-11)22(40-16)33-20(38)14-8-24(14,28)29/h7,9-12,14,19H,2-6,8H2,1H3,(H,31,39)(H,32,34)(H,33,38)/t10-,11-,12-,14?/m0/s1. The molecule has 0 spiro atoms. The maximum absolute atomic E-state index is 13.5. The summed E-state index contributed by atoms with van der Waals surface area (Å²) in [6.45, 7) is 0. The lowest BCUT2D eigenvalue weighted by atomic mass is 9.89. The Labute approximate surface area is 228 Å². The van der Waals surface area contributed by atoms with Crippen LogP contribution >= 0.6 is 11.3 Å². The molecule has 3 aromatic heterocycles. The third kappa shape index (κ3) is 4.92. The molecule has 2 fully saturated rings. The molecule has 3 N–H and O–H groups in total. The first-order valence-electron chi connectivity index (χ1n) is 12.8. The molecule has 40 heavy (non-hydrogen) atoms. The van der Waals surface area contributed by atoms with Gasteiger partial charge in [0.1, 0.15) is 34.9 Å². The fraction of sp³-hybridized carbons (Fsp3) is 0.542. The van der Waals surface area contributed by atoms with Gasteiger partial charge in [-0.1, -0.05) is 0 Å². The highest BCUT2D eigenvalue weighted by molar-refractivity contribution is 7.17. The number of nitrogens with zero attached hydrogens (tertiary/aromatic N) is 5. The van der Waals surface area contributed by atoms with Gasteiger partial charge in [-0.25, -0.2) is 22.0 Å². The summed E-state index contributed by atoms with van der Waals surface area (Å²) in [5.41, 5.74) is 0.462. The zero-order valence-electron chi connectivity index (χ0n) is 21.1. The van der Waals surface area contributed by atoms with E-state index in [-0.39, 0.29) is 47.3 Å². The fourth-order valence-corrected chi connectivity index (χ4v) is 6.42. The minimum atomic E-state index is -3.06. The number of carbonyl (C=O) groups is 2. The molecule has 0 aromatic carbocycles. The monoisotopic (exact) mass is 584 g/mol. The van der Waals surface area contributed by atoms with Crippen LogP contribution in [0.25, 0.3) is 0 Å². The molecule has 3 heterocycles. The molecular formula is C24H25F5N8O2S. The van der Waals surface area contributed by atoms with Crippen LogP contribution in [0.3, 0.4) is 0 Å². The zero-order valence-corrected chi connectivity index (χ0v) is 22.0. The van der Waals surface area contributed by atoms with Crippen molar-refractivity contribution in [2.45, 2.75) is 69.1 Å². The van der Waals surface area contributed by atoms with Crippen molar-refractivity contribution >= 4 is 39.9 Å². The van der Waals surface area contributed by atoms with Crippen molar-refractivity contribution in [1.29, 1.82) is 0 Å². The van der Waals surface area contributed by atoms with Gasteiger partial charge in [0, 0.05) is 36.5 Å². The van der Waals surface area contributed by atoms with Crippen molar-refractivity contribution in [1.82, 2.24) is 29.9 Å². The number of halogens is 5. The predicted octanol–water partition coefficient (Wildman–Crippen LogP) is 4.31. The van der Waals surface area contributed by atoms with Crippen LogP contribution in [0.1, 0.15) is 64.6 Å². The van der Waals surface area contributed by atoms with E-state index >= 15 is 0 Å². The van der Waals surface area contributed by atoms with E-state index in [1.54, 1.807) is 4.57 Å². The van der Waals surface area contributed by atoms with E-state index in [9.17, 15) is 31.5 Å². The van der Waals surface area contributed by atoms with E-state index in [0.717, 1.165) is 4.88 Å². The number of alkyl halides is 5. The summed E-state index contributed by atoms with van der Waals surface area (Å²) in [6, 6.07) is 0.619. The second-order valence-electron chi connectivity index (χ2n) is 10.4. The Morgan fingerprint density at radius 1 is 1.25 bits per heavy atom. The van der Waals surface area contributed by atoms with Crippen molar-refractivity contribution in [3.63, 3.8) is 0 Å². The van der Waals surface area contributed by atoms with Crippen LogP contribution in [0.2, 0.25) is 0 Å². The molecule has 2 amide bonds. The molecule has 6 rings (SSSR count). The van der Waals surface area contributed by atoms with Crippen molar-refractivity contribution in [3.05, 3.63) is 34.1 Å². The molecule has 214 valence electrons. The highest BCUT2D eigenvalue weighted by Crippen LogP contribution is 2.50. The van der Waals surface area contributed by atoms with Gasteiger partial charge < -0.3 is 16.0 Å². The quantitative estimate of drug-likeness (QED) is 0.340. The van der Waals surface area contributed by atoms with Crippen molar-refractivity contribution in [2.75, 3.05) is 10.6 Å². The van der Waals surface area contributed by atoms with E-state index in [2.05, 4.69) is 31.2 Å². The minimum Gasteiger partial charge on any atom is -0.349 e. The normalized spacial score (nSPS) is 24.8. The lowest BCUT2D eigenvalue weighted by Crippen LogP contribution is -2.45. The smallest absolute Gasteiger partial charge is 0.282 e. The second-order valence-corrected chi connectivity index (χ2v) is 11.5. The number of anilines is 3. The summed E-state index contributed by atoms with van der Waals surface area (Å²) in [5, 5.41) is 20.3. The predicted molar refractivity (Wildman–Crippen MR) is 134 cm³/mol. The Morgan fingerprint density at radius 3 is 2.65 bits per heavy atom. The van der Waals surface area contributed by atoms with E-state index in [1.807, 2.05) is 0 Å². The number of carbonyl (C=O) groups excluding carboxylic acids is 2. The Kier molecular flexibility index (Phi) is 6.54. The van der Waals surface area contributed by atoms with Crippen LogP contribution in [0.15, 0.2) is 12.4 Å². The Morgan fingerprint density at radius 2 is 2.00 bits per heavy atom. The van der Waals surface area contributed by atoms with E-state index in [0.29, 0.717) is 24.8 Å². The van der Waals surface area contributed by atoms with Crippen LogP contribution in [0, 0.1) is 5.92 Å². The summed E-state index contributed by atoms with van der Waals surface area (Å²) in [4.78, 5) is 26.7. The number of amides is 2. The number of hydrogen-bond acceptors (Lipinski definition) is 7. The van der Waals surface area contributed by atoms with E-state index in [4.69, 9.17) is 0 Å². The third-order valence-corrected chi connectivity index (χ3v) is 8.79. The summed E-state index contributed by atoms with van der Waals surface area (Å²) < 4.78 is 69.6. The van der Waals surface area contributed by atoms with Gasteiger partial charge in [0.15, 0.2) is 0 Å². The highest BCUT2D eigenvalue weighted by Gasteiger charge is 2.61. The number of thiophene rings is 1. The molecule has 3 aromatic rings. The lowest BCUT2D eigenvalue weighted by Gasteiger charge is -2.31. The topological polar surface area (TPSA) is 119 Å². The van der Waals surface area contributed by atoms with Crippen molar-refractivity contribution in [3.8, 4) is 0 Å². The third-order valence-electron chi connectivity index (χ3n) is 7.59. The molecule has 2 atom stereocenters. The summed E-state index contributed by atoms with van der Waals surface area (Å²) in [6.07, 6.45) is -0.935. The van der Waals surface area contributed by atoms with Crippen LogP contribution in [0.4, 0.5) is 38.7 Å². The molecule has 0 aliphatic heterocycles. The van der Waals surface area contributed by atoms with Crippen LogP contribution in [-0.4, -0.2) is 54.5 Å². The number of nitrogens with one attached hydrogen (secondary N) is 3. The first-order chi connectivity index (χ1) is 19.0. The molecule has 0 saturated heterocycles. The average Bonchev–Trinajstić information content (AvgIpc) is 3.24. The Bertz CT molecular complexity index is 1460.